The first-order valence-electron chi connectivity index (χ1n) is 6.73. The van der Waals surface area contributed by atoms with Crippen LogP contribution < -0.4 is 0 Å². The van der Waals surface area contributed by atoms with Gasteiger partial charge < -0.3 is 4.98 Å². The van der Waals surface area contributed by atoms with Gasteiger partial charge in [-0.05, 0) is 47.2 Å². The first-order chi connectivity index (χ1) is 9.15. The number of hydrogen-bond acceptors (Lipinski definition) is 0. The van der Waals surface area contributed by atoms with Gasteiger partial charge in [0.15, 0.2) is 0 Å². The summed E-state index contributed by atoms with van der Waals surface area (Å²) in [6, 6.07) is 10.8. The number of allylic oxidation sites excluding steroid dienone is 3. The van der Waals surface area contributed by atoms with E-state index < -0.39 is 0 Å². The molecule has 0 spiro atoms. The summed E-state index contributed by atoms with van der Waals surface area (Å²) in [7, 11) is 0. The zero-order chi connectivity index (χ0) is 13.8. The van der Waals surface area contributed by atoms with Crippen molar-refractivity contribution in [1.82, 2.24) is 4.98 Å². The summed E-state index contributed by atoms with van der Waals surface area (Å²) >= 11 is 0. The number of H-pyrrole nitrogens is 1. The number of benzene rings is 1. The van der Waals surface area contributed by atoms with E-state index >= 15 is 0 Å². The van der Waals surface area contributed by atoms with Crippen LogP contribution in [0.1, 0.15) is 37.8 Å². The maximum atomic E-state index is 3.86. The molecule has 0 fully saturated rings. The van der Waals surface area contributed by atoms with Crippen molar-refractivity contribution in [3.05, 3.63) is 66.4 Å². The highest BCUT2D eigenvalue weighted by Gasteiger charge is 2.06. The molecule has 0 aliphatic heterocycles. The van der Waals surface area contributed by atoms with Crippen molar-refractivity contribution in [2.75, 3.05) is 0 Å². The molecule has 1 aromatic carbocycles. The molecule has 0 radical (unpaired) electrons. The van der Waals surface area contributed by atoms with Crippen LogP contribution >= 0.6 is 0 Å². The summed E-state index contributed by atoms with van der Waals surface area (Å²) in [4.78, 5) is 3.36. The van der Waals surface area contributed by atoms with E-state index in [2.05, 4.69) is 68.0 Å². The number of hydrogen-bond donors (Lipinski definition) is 1. The molecule has 1 nitrogen and oxygen atoms in total. The van der Waals surface area contributed by atoms with Crippen LogP contribution in [0.2, 0.25) is 0 Å². The van der Waals surface area contributed by atoms with Gasteiger partial charge in [-0.25, -0.2) is 0 Å². The minimum atomic E-state index is 0.549. The van der Waals surface area contributed by atoms with E-state index in [1.807, 2.05) is 13.0 Å². The van der Waals surface area contributed by atoms with Gasteiger partial charge in [0, 0.05) is 11.9 Å². The van der Waals surface area contributed by atoms with Crippen LogP contribution in [0.4, 0.5) is 0 Å². The second-order valence-electron chi connectivity index (χ2n) is 5.03. The maximum absolute atomic E-state index is 3.86. The Morgan fingerprint density at radius 3 is 2.63 bits per heavy atom. The van der Waals surface area contributed by atoms with Gasteiger partial charge in [0.25, 0.3) is 0 Å². The Morgan fingerprint density at radius 1 is 1.26 bits per heavy atom. The van der Waals surface area contributed by atoms with Crippen LogP contribution in [-0.2, 0) is 0 Å². The highest BCUT2D eigenvalue weighted by molar-refractivity contribution is 5.76. The van der Waals surface area contributed by atoms with Gasteiger partial charge in [0.05, 0.1) is 0 Å². The summed E-state index contributed by atoms with van der Waals surface area (Å²) in [5.74, 6) is 0.549. The molecule has 0 bridgehead atoms. The number of nitrogens with one attached hydrogen (secondary N) is 1. The fourth-order valence-electron chi connectivity index (χ4n) is 2.18. The van der Waals surface area contributed by atoms with Gasteiger partial charge in [-0.2, -0.15) is 0 Å². The van der Waals surface area contributed by atoms with E-state index in [0.29, 0.717) is 5.92 Å². The lowest BCUT2D eigenvalue weighted by Gasteiger charge is -2.05. The minimum absolute atomic E-state index is 0.549. The summed E-state index contributed by atoms with van der Waals surface area (Å²) in [6.07, 6.45) is 6.07. The minimum Gasteiger partial charge on any atom is -0.361 e. The normalized spacial score (nSPS) is 11.9. The van der Waals surface area contributed by atoms with Crippen LogP contribution in [0, 0.1) is 0 Å². The molecule has 2 aromatic rings. The number of rotatable bonds is 4. The fourth-order valence-corrected chi connectivity index (χ4v) is 2.18. The molecule has 0 saturated heterocycles. The second kappa shape index (κ2) is 5.75. The standard InChI is InChI=1S/C18H21N/c1-5-14(6-2)15-8-7-9-16(10-15)18-11-17(12-19-18)13(3)4/h5-13,19H,1H2,2-4H3/b14-6+. The quantitative estimate of drug-likeness (QED) is 0.701. The lowest BCUT2D eigenvalue weighted by molar-refractivity contribution is 0.869. The monoisotopic (exact) mass is 251 g/mol. The lowest BCUT2D eigenvalue weighted by atomic mass is 10.0. The maximum Gasteiger partial charge on any atom is 0.0457 e. The van der Waals surface area contributed by atoms with Crippen molar-refractivity contribution in [1.29, 1.82) is 0 Å². The molecule has 1 aromatic heterocycles. The first-order valence-corrected chi connectivity index (χ1v) is 6.73. The van der Waals surface area contributed by atoms with Gasteiger partial charge in [0.1, 0.15) is 0 Å². The summed E-state index contributed by atoms with van der Waals surface area (Å²) in [5, 5.41) is 0. The predicted molar refractivity (Wildman–Crippen MR) is 84.2 cm³/mol. The molecule has 98 valence electrons. The van der Waals surface area contributed by atoms with Crippen molar-refractivity contribution in [2.45, 2.75) is 26.7 Å². The van der Waals surface area contributed by atoms with E-state index in [9.17, 15) is 0 Å². The van der Waals surface area contributed by atoms with Gasteiger partial charge >= 0.3 is 0 Å². The summed E-state index contributed by atoms with van der Waals surface area (Å²) in [5.41, 5.74) is 6.10. The third-order valence-electron chi connectivity index (χ3n) is 3.41. The molecule has 0 unspecified atom stereocenters. The second-order valence-corrected chi connectivity index (χ2v) is 5.03. The Kier molecular flexibility index (Phi) is 4.06. The van der Waals surface area contributed by atoms with Crippen LogP contribution in [0.5, 0.6) is 0 Å². The van der Waals surface area contributed by atoms with Crippen LogP contribution in [0.15, 0.2) is 55.3 Å². The van der Waals surface area contributed by atoms with E-state index in [1.165, 1.54) is 22.4 Å². The Morgan fingerprint density at radius 2 is 2.05 bits per heavy atom. The van der Waals surface area contributed by atoms with Crippen molar-refractivity contribution < 1.29 is 0 Å². The molecule has 1 heteroatoms. The number of aromatic nitrogens is 1. The molecule has 1 heterocycles. The third kappa shape index (κ3) is 2.87. The summed E-state index contributed by atoms with van der Waals surface area (Å²) in [6.45, 7) is 10.3. The van der Waals surface area contributed by atoms with E-state index in [0.717, 1.165) is 5.57 Å². The molecule has 1 N–H and O–H groups in total. The molecular weight excluding hydrogens is 230 g/mol. The smallest absolute Gasteiger partial charge is 0.0457 e. The fraction of sp³-hybridized carbons (Fsp3) is 0.222. The Balaban J connectivity index is 2.40. The summed E-state index contributed by atoms with van der Waals surface area (Å²) < 4.78 is 0. The Bertz CT molecular complexity index is 600. The van der Waals surface area contributed by atoms with Crippen molar-refractivity contribution in [3.63, 3.8) is 0 Å². The van der Waals surface area contributed by atoms with Gasteiger partial charge in [-0.15, -0.1) is 0 Å². The molecule has 0 saturated carbocycles. The zero-order valence-electron chi connectivity index (χ0n) is 11.9. The van der Waals surface area contributed by atoms with Crippen molar-refractivity contribution in [3.8, 4) is 11.3 Å². The van der Waals surface area contributed by atoms with Crippen LogP contribution in [0.3, 0.4) is 0 Å². The highest BCUT2D eigenvalue weighted by Crippen LogP contribution is 2.26. The molecule has 0 amide bonds. The molecule has 19 heavy (non-hydrogen) atoms. The van der Waals surface area contributed by atoms with Gasteiger partial charge in [0.2, 0.25) is 0 Å². The first kappa shape index (κ1) is 13.4. The third-order valence-corrected chi connectivity index (χ3v) is 3.41. The van der Waals surface area contributed by atoms with E-state index in [-0.39, 0.29) is 0 Å². The SMILES string of the molecule is C=C/C(=C\C)c1cccc(-c2cc(C(C)C)c[nH]2)c1. The topological polar surface area (TPSA) is 15.8 Å². The molecular formula is C18H21N. The molecule has 0 aliphatic rings. The lowest BCUT2D eigenvalue weighted by Crippen LogP contribution is -1.83. The largest absolute Gasteiger partial charge is 0.361 e. The molecule has 0 atom stereocenters. The average molecular weight is 251 g/mol. The Hall–Kier alpha value is -2.02. The van der Waals surface area contributed by atoms with E-state index in [4.69, 9.17) is 0 Å². The Labute approximate surface area is 115 Å². The molecule has 2 rings (SSSR count). The van der Waals surface area contributed by atoms with Crippen molar-refractivity contribution >= 4 is 5.57 Å². The van der Waals surface area contributed by atoms with Crippen LogP contribution in [-0.4, -0.2) is 4.98 Å². The highest BCUT2D eigenvalue weighted by atomic mass is 14.7. The van der Waals surface area contributed by atoms with Crippen molar-refractivity contribution in [2.24, 2.45) is 0 Å². The average Bonchev–Trinajstić information content (AvgIpc) is 2.90. The predicted octanol–water partition coefficient (Wildman–Crippen LogP) is 5.39. The van der Waals surface area contributed by atoms with Gasteiger partial charge in [-0.1, -0.05) is 50.8 Å². The zero-order valence-corrected chi connectivity index (χ0v) is 11.9. The van der Waals surface area contributed by atoms with E-state index in [1.54, 1.807) is 0 Å². The van der Waals surface area contributed by atoms with Gasteiger partial charge in [-0.3, -0.25) is 0 Å². The van der Waals surface area contributed by atoms with Crippen LogP contribution in [0.25, 0.3) is 16.8 Å². The number of aromatic amines is 1. The molecule has 0 aliphatic carbocycles.